The Kier molecular flexibility index (Phi) is 8.27. The first-order valence-corrected chi connectivity index (χ1v) is 14.2. The molecule has 0 saturated heterocycles. The van der Waals surface area contributed by atoms with E-state index in [1.54, 1.807) is 0 Å². The molecule has 5 rings (SSSR count). The van der Waals surface area contributed by atoms with E-state index in [4.69, 9.17) is 14.2 Å². The lowest BCUT2D eigenvalue weighted by Crippen LogP contribution is -2.62. The molecule has 2 fully saturated rings. The van der Waals surface area contributed by atoms with Crippen LogP contribution in [0.1, 0.15) is 68.2 Å². The number of halogens is 1. The predicted molar refractivity (Wildman–Crippen MR) is 147 cm³/mol. The van der Waals surface area contributed by atoms with Crippen LogP contribution in [0.25, 0.3) is 0 Å². The first-order valence-electron chi connectivity index (χ1n) is 13.4. The van der Waals surface area contributed by atoms with Crippen molar-refractivity contribution in [3.63, 3.8) is 0 Å². The third-order valence-corrected chi connectivity index (χ3v) is 9.21. The average molecular weight is 550 g/mol. The molecule has 36 heavy (non-hydrogen) atoms. The van der Waals surface area contributed by atoms with Crippen LogP contribution in [-0.4, -0.2) is 13.4 Å². The van der Waals surface area contributed by atoms with Crippen molar-refractivity contribution in [3.8, 4) is 0 Å². The summed E-state index contributed by atoms with van der Waals surface area (Å²) in [7, 11) is 0. The van der Waals surface area contributed by atoms with Crippen molar-refractivity contribution in [1.29, 1.82) is 0 Å². The zero-order valence-corrected chi connectivity index (χ0v) is 22.8. The summed E-state index contributed by atoms with van der Waals surface area (Å²) in [5.41, 5.74) is 3.33. The van der Waals surface area contributed by atoms with Crippen molar-refractivity contribution in [1.82, 2.24) is 0 Å². The van der Waals surface area contributed by atoms with E-state index >= 15 is 0 Å². The fourth-order valence-corrected chi connectivity index (χ4v) is 7.33. The first-order chi connectivity index (χ1) is 17.7. The second-order valence-electron chi connectivity index (χ2n) is 10.2. The van der Waals surface area contributed by atoms with Crippen LogP contribution < -0.4 is 0 Å². The van der Waals surface area contributed by atoms with Crippen molar-refractivity contribution < 1.29 is 14.2 Å². The molecule has 2 saturated carbocycles. The molecule has 0 heterocycles. The minimum absolute atomic E-state index is 0.0117. The lowest BCUT2D eigenvalue weighted by molar-refractivity contribution is -0.292. The van der Waals surface area contributed by atoms with Gasteiger partial charge in [-0.25, -0.2) is 0 Å². The summed E-state index contributed by atoms with van der Waals surface area (Å²) in [5, 5.41) is 0. The van der Waals surface area contributed by atoms with Gasteiger partial charge in [-0.2, -0.15) is 0 Å². The highest BCUT2D eigenvalue weighted by Crippen LogP contribution is 2.69. The van der Waals surface area contributed by atoms with Gasteiger partial charge in [0.2, 0.25) is 0 Å². The maximum atomic E-state index is 6.90. The Labute approximate surface area is 224 Å². The molecule has 2 aliphatic rings. The quantitative estimate of drug-likeness (QED) is 0.187. The largest absolute Gasteiger partial charge is 0.373 e. The zero-order valence-electron chi connectivity index (χ0n) is 21.2. The summed E-state index contributed by atoms with van der Waals surface area (Å²) in [4.78, 5) is 0. The van der Waals surface area contributed by atoms with Gasteiger partial charge in [-0.3, -0.25) is 0 Å². The molecule has 0 amide bonds. The number of ether oxygens (including phenoxy) is 3. The minimum atomic E-state index is -0.368. The summed E-state index contributed by atoms with van der Waals surface area (Å²) in [6.07, 6.45) is 6.96. The summed E-state index contributed by atoms with van der Waals surface area (Å²) in [6, 6.07) is 29.8. The van der Waals surface area contributed by atoms with E-state index in [9.17, 15) is 0 Å². The Morgan fingerprint density at radius 3 is 2.28 bits per heavy atom. The van der Waals surface area contributed by atoms with Gasteiger partial charge in [-0.15, -0.1) is 0 Å². The fraction of sp³-hybridized carbons (Fsp3) is 0.438. The SMILES string of the molecule is CCO[C@H](c1ccccc1Br)[C@H]1CCCC[C@]12CC[C@]2(OCOCc1ccccc1)c1ccccc1. The molecule has 2 aliphatic carbocycles. The van der Waals surface area contributed by atoms with Crippen molar-refractivity contribution >= 4 is 15.9 Å². The van der Waals surface area contributed by atoms with Crippen molar-refractivity contribution in [2.45, 2.75) is 63.8 Å². The first kappa shape index (κ1) is 25.7. The smallest absolute Gasteiger partial charge is 0.148 e. The van der Waals surface area contributed by atoms with Gasteiger partial charge in [0.25, 0.3) is 0 Å². The monoisotopic (exact) mass is 548 g/mol. The second-order valence-corrected chi connectivity index (χ2v) is 11.0. The predicted octanol–water partition coefficient (Wildman–Crippen LogP) is 8.58. The normalized spacial score (nSPS) is 26.4. The number of benzene rings is 3. The van der Waals surface area contributed by atoms with E-state index < -0.39 is 0 Å². The Balaban J connectivity index is 1.47. The molecule has 0 N–H and O–H groups in total. The highest BCUT2D eigenvalue weighted by Gasteiger charge is 2.66. The highest BCUT2D eigenvalue weighted by atomic mass is 79.9. The van der Waals surface area contributed by atoms with Crippen molar-refractivity contribution in [2.24, 2.45) is 11.3 Å². The van der Waals surface area contributed by atoms with Crippen LogP contribution >= 0.6 is 15.9 Å². The van der Waals surface area contributed by atoms with Crippen LogP contribution in [0, 0.1) is 11.3 Å². The van der Waals surface area contributed by atoms with Crippen LogP contribution in [0.5, 0.6) is 0 Å². The van der Waals surface area contributed by atoms with Gasteiger partial charge < -0.3 is 14.2 Å². The maximum Gasteiger partial charge on any atom is 0.148 e. The number of rotatable bonds is 10. The lowest BCUT2D eigenvalue weighted by Gasteiger charge is -2.65. The molecule has 190 valence electrons. The van der Waals surface area contributed by atoms with Crippen LogP contribution in [-0.2, 0) is 26.4 Å². The summed E-state index contributed by atoms with van der Waals surface area (Å²) in [6.45, 7) is 3.64. The van der Waals surface area contributed by atoms with E-state index in [1.165, 1.54) is 29.5 Å². The molecule has 0 bridgehead atoms. The van der Waals surface area contributed by atoms with Crippen molar-refractivity contribution in [2.75, 3.05) is 13.4 Å². The van der Waals surface area contributed by atoms with Gasteiger partial charge in [-0.05, 0) is 61.3 Å². The van der Waals surface area contributed by atoms with Crippen LogP contribution in [0.4, 0.5) is 0 Å². The van der Waals surface area contributed by atoms with Gasteiger partial charge in [0.15, 0.2) is 0 Å². The average Bonchev–Trinajstić information content (AvgIpc) is 2.93. The fourth-order valence-electron chi connectivity index (χ4n) is 6.81. The summed E-state index contributed by atoms with van der Waals surface area (Å²) < 4.78 is 20.7. The van der Waals surface area contributed by atoms with Gasteiger partial charge in [0.05, 0.1) is 12.7 Å². The van der Waals surface area contributed by atoms with Gasteiger partial charge in [-0.1, -0.05) is 108 Å². The van der Waals surface area contributed by atoms with E-state index in [-0.39, 0.29) is 23.9 Å². The molecule has 4 atom stereocenters. The van der Waals surface area contributed by atoms with E-state index in [1.807, 2.05) is 18.2 Å². The molecule has 0 radical (unpaired) electrons. The minimum Gasteiger partial charge on any atom is -0.373 e. The Morgan fingerprint density at radius 1 is 0.861 bits per heavy atom. The Morgan fingerprint density at radius 2 is 1.58 bits per heavy atom. The number of hydrogen-bond donors (Lipinski definition) is 0. The molecule has 0 aromatic heterocycles. The molecular weight excluding hydrogens is 512 g/mol. The van der Waals surface area contributed by atoms with Gasteiger partial charge >= 0.3 is 0 Å². The molecule has 3 aromatic carbocycles. The molecule has 4 heteroatoms. The third-order valence-electron chi connectivity index (χ3n) is 8.49. The molecular formula is C32H37BrO3. The van der Waals surface area contributed by atoms with Crippen LogP contribution in [0.2, 0.25) is 0 Å². The summed E-state index contributed by atoms with van der Waals surface area (Å²) in [5.74, 6) is 0.368. The zero-order chi connectivity index (χ0) is 24.8. The van der Waals surface area contributed by atoms with E-state index in [0.717, 1.165) is 30.2 Å². The molecule has 0 unspecified atom stereocenters. The topological polar surface area (TPSA) is 27.7 Å². The standard InChI is InChI=1S/C32H37BrO3/c1-2-35-30(27-17-9-10-19-29(27)33)28-18-11-12-20-31(28)21-22-32(31,26-15-7-4-8-16-26)36-24-34-23-25-13-5-3-6-14-25/h3-10,13-17,19,28,30H,2,11-12,18,20-24H2,1H3/t28-,30-,31+,32+/m1/s1. The summed E-state index contributed by atoms with van der Waals surface area (Å²) >= 11 is 3.83. The molecule has 0 aliphatic heterocycles. The molecule has 3 aromatic rings. The van der Waals surface area contributed by atoms with Crippen LogP contribution in [0.3, 0.4) is 0 Å². The van der Waals surface area contributed by atoms with Gasteiger partial charge in [0.1, 0.15) is 12.4 Å². The second kappa shape index (κ2) is 11.6. The Bertz CT molecular complexity index is 1100. The van der Waals surface area contributed by atoms with Crippen LogP contribution in [0.15, 0.2) is 89.4 Å². The van der Waals surface area contributed by atoms with Gasteiger partial charge in [0, 0.05) is 16.5 Å². The van der Waals surface area contributed by atoms with E-state index in [2.05, 4.69) is 89.6 Å². The highest BCUT2D eigenvalue weighted by molar-refractivity contribution is 9.10. The molecule has 3 nitrogen and oxygen atoms in total. The third kappa shape index (κ3) is 4.81. The van der Waals surface area contributed by atoms with Crippen molar-refractivity contribution in [3.05, 3.63) is 106 Å². The van der Waals surface area contributed by atoms with E-state index in [0.29, 0.717) is 19.1 Å². The molecule has 1 spiro atoms. The lowest BCUT2D eigenvalue weighted by atomic mass is 9.44. The maximum absolute atomic E-state index is 6.90. The Hall–Kier alpha value is -1.98. The number of hydrogen-bond acceptors (Lipinski definition) is 3.